The first kappa shape index (κ1) is 14.1. The number of nitriles is 1. The Morgan fingerprint density at radius 3 is 2.15 bits per heavy atom. The summed E-state index contributed by atoms with van der Waals surface area (Å²) in [5.74, 6) is -1.50. The summed E-state index contributed by atoms with van der Waals surface area (Å²) in [6.45, 7) is 0.192. The zero-order chi connectivity index (χ0) is 14.5. The maximum Gasteiger partial charge on any atom is 0.127 e. The summed E-state index contributed by atoms with van der Waals surface area (Å²) >= 11 is 0. The molecule has 2 aromatic carbocycles. The van der Waals surface area contributed by atoms with Gasteiger partial charge in [-0.25, -0.2) is 13.2 Å². The normalized spacial score (nSPS) is 10.3. The van der Waals surface area contributed by atoms with E-state index in [1.165, 1.54) is 18.2 Å². The van der Waals surface area contributed by atoms with Crippen LogP contribution in [0.1, 0.15) is 16.7 Å². The van der Waals surface area contributed by atoms with E-state index < -0.39 is 17.5 Å². The van der Waals surface area contributed by atoms with Crippen LogP contribution in [0, 0.1) is 28.8 Å². The Labute approximate surface area is 114 Å². The lowest BCUT2D eigenvalue weighted by molar-refractivity contribution is 0.558. The van der Waals surface area contributed by atoms with Crippen LogP contribution in [0.2, 0.25) is 0 Å². The van der Waals surface area contributed by atoms with Gasteiger partial charge < -0.3 is 5.32 Å². The summed E-state index contributed by atoms with van der Waals surface area (Å²) in [5, 5.41) is 11.6. The van der Waals surface area contributed by atoms with Crippen LogP contribution >= 0.6 is 0 Å². The number of hydrogen-bond donors (Lipinski definition) is 1. The second-order valence-corrected chi connectivity index (χ2v) is 4.26. The van der Waals surface area contributed by atoms with Gasteiger partial charge in [-0.05, 0) is 36.4 Å². The highest BCUT2D eigenvalue weighted by Crippen LogP contribution is 2.12. The standard InChI is InChI=1S/C15H11F3N2/c16-13-2-4-15(18)12(6-13)9-20-8-11-5-10(7-19)1-3-14(11)17/h1-6,20H,8-9H2. The van der Waals surface area contributed by atoms with Crippen molar-refractivity contribution < 1.29 is 13.2 Å². The van der Waals surface area contributed by atoms with E-state index in [2.05, 4.69) is 5.32 Å². The number of rotatable bonds is 4. The highest BCUT2D eigenvalue weighted by molar-refractivity contribution is 5.33. The van der Waals surface area contributed by atoms with Crippen LogP contribution in [-0.4, -0.2) is 0 Å². The first-order valence-corrected chi connectivity index (χ1v) is 5.93. The molecular formula is C15H11F3N2. The van der Waals surface area contributed by atoms with Gasteiger partial charge in [0, 0.05) is 24.2 Å². The fourth-order valence-electron chi connectivity index (χ4n) is 1.79. The number of halogens is 3. The molecule has 0 unspecified atom stereocenters. The molecule has 2 nitrogen and oxygen atoms in total. The fraction of sp³-hybridized carbons (Fsp3) is 0.133. The summed E-state index contributed by atoms with van der Waals surface area (Å²) in [6, 6.07) is 9.09. The highest BCUT2D eigenvalue weighted by Gasteiger charge is 2.06. The van der Waals surface area contributed by atoms with E-state index in [4.69, 9.17) is 5.26 Å². The second-order valence-electron chi connectivity index (χ2n) is 4.26. The van der Waals surface area contributed by atoms with Crippen molar-refractivity contribution in [2.45, 2.75) is 13.1 Å². The molecule has 0 amide bonds. The second kappa shape index (κ2) is 6.22. The number of hydrogen-bond acceptors (Lipinski definition) is 2. The predicted molar refractivity (Wildman–Crippen MR) is 68.0 cm³/mol. The molecule has 0 aromatic heterocycles. The molecule has 0 spiro atoms. The van der Waals surface area contributed by atoms with Crippen LogP contribution in [0.15, 0.2) is 36.4 Å². The van der Waals surface area contributed by atoms with Crippen molar-refractivity contribution in [1.82, 2.24) is 5.32 Å². The number of nitrogens with zero attached hydrogens (tertiary/aromatic N) is 1. The molecule has 102 valence electrons. The first-order valence-electron chi connectivity index (χ1n) is 5.93. The van der Waals surface area contributed by atoms with Gasteiger partial charge in [-0.2, -0.15) is 5.26 Å². The molecule has 2 rings (SSSR count). The minimum Gasteiger partial charge on any atom is -0.308 e. The summed E-state index contributed by atoms with van der Waals surface area (Å²) in [6.07, 6.45) is 0. The maximum absolute atomic E-state index is 13.5. The molecule has 0 aliphatic rings. The molecule has 0 heterocycles. The molecule has 0 radical (unpaired) electrons. The van der Waals surface area contributed by atoms with Crippen molar-refractivity contribution in [3.05, 3.63) is 70.5 Å². The molecule has 0 atom stereocenters. The zero-order valence-corrected chi connectivity index (χ0v) is 10.5. The van der Waals surface area contributed by atoms with E-state index in [0.29, 0.717) is 11.1 Å². The monoisotopic (exact) mass is 276 g/mol. The Hall–Kier alpha value is -2.32. The molecular weight excluding hydrogens is 265 g/mol. The van der Waals surface area contributed by atoms with Gasteiger partial charge in [-0.15, -0.1) is 0 Å². The van der Waals surface area contributed by atoms with Crippen LogP contribution < -0.4 is 5.32 Å². The Balaban J connectivity index is 2.03. The SMILES string of the molecule is N#Cc1ccc(F)c(CNCc2cc(F)ccc2F)c1. The van der Waals surface area contributed by atoms with Crippen molar-refractivity contribution in [2.24, 2.45) is 0 Å². The topological polar surface area (TPSA) is 35.8 Å². The highest BCUT2D eigenvalue weighted by atomic mass is 19.1. The van der Waals surface area contributed by atoms with Gasteiger partial charge in [0.05, 0.1) is 11.6 Å². The van der Waals surface area contributed by atoms with E-state index in [1.54, 1.807) is 0 Å². The lowest BCUT2D eigenvalue weighted by Gasteiger charge is -2.07. The van der Waals surface area contributed by atoms with E-state index in [-0.39, 0.29) is 18.7 Å². The van der Waals surface area contributed by atoms with Crippen LogP contribution in [0.5, 0.6) is 0 Å². The first-order chi connectivity index (χ1) is 9.60. The zero-order valence-electron chi connectivity index (χ0n) is 10.5. The van der Waals surface area contributed by atoms with E-state index in [0.717, 1.165) is 18.2 Å². The molecule has 0 bridgehead atoms. The Bertz CT molecular complexity index is 663. The molecule has 0 saturated carbocycles. The van der Waals surface area contributed by atoms with Gasteiger partial charge >= 0.3 is 0 Å². The van der Waals surface area contributed by atoms with E-state index in [9.17, 15) is 13.2 Å². The maximum atomic E-state index is 13.5. The van der Waals surface area contributed by atoms with Gasteiger partial charge in [0.25, 0.3) is 0 Å². The third-order valence-electron chi connectivity index (χ3n) is 2.81. The van der Waals surface area contributed by atoms with Crippen molar-refractivity contribution in [1.29, 1.82) is 5.26 Å². The third kappa shape index (κ3) is 3.37. The van der Waals surface area contributed by atoms with Crippen LogP contribution in [-0.2, 0) is 13.1 Å². The molecule has 0 saturated heterocycles. The Morgan fingerprint density at radius 2 is 1.50 bits per heavy atom. The summed E-state index contributed by atoms with van der Waals surface area (Å²) in [4.78, 5) is 0. The molecule has 0 aliphatic heterocycles. The average molecular weight is 276 g/mol. The van der Waals surface area contributed by atoms with Crippen LogP contribution in [0.25, 0.3) is 0 Å². The quantitative estimate of drug-likeness (QED) is 0.930. The van der Waals surface area contributed by atoms with Gasteiger partial charge in [0.1, 0.15) is 17.5 Å². The Morgan fingerprint density at radius 1 is 0.900 bits per heavy atom. The lowest BCUT2D eigenvalue weighted by Crippen LogP contribution is -2.15. The van der Waals surface area contributed by atoms with E-state index in [1.807, 2.05) is 6.07 Å². The van der Waals surface area contributed by atoms with Gasteiger partial charge in [-0.1, -0.05) is 0 Å². The summed E-state index contributed by atoms with van der Waals surface area (Å²) < 4.78 is 39.8. The van der Waals surface area contributed by atoms with Crippen molar-refractivity contribution in [3.63, 3.8) is 0 Å². The molecule has 1 N–H and O–H groups in total. The molecule has 2 aromatic rings. The molecule has 5 heteroatoms. The van der Waals surface area contributed by atoms with Gasteiger partial charge in [0.15, 0.2) is 0 Å². The smallest absolute Gasteiger partial charge is 0.127 e. The summed E-state index contributed by atoms with van der Waals surface area (Å²) in [5.41, 5.74) is 0.822. The van der Waals surface area contributed by atoms with Gasteiger partial charge in [-0.3, -0.25) is 0 Å². The largest absolute Gasteiger partial charge is 0.308 e. The summed E-state index contributed by atoms with van der Waals surface area (Å²) in [7, 11) is 0. The van der Waals surface area contributed by atoms with Crippen LogP contribution in [0.4, 0.5) is 13.2 Å². The molecule has 0 aliphatic carbocycles. The number of benzene rings is 2. The fourth-order valence-corrected chi connectivity index (χ4v) is 1.79. The van der Waals surface area contributed by atoms with E-state index >= 15 is 0 Å². The van der Waals surface area contributed by atoms with Crippen molar-refractivity contribution >= 4 is 0 Å². The molecule has 20 heavy (non-hydrogen) atoms. The van der Waals surface area contributed by atoms with Crippen molar-refractivity contribution in [3.8, 4) is 6.07 Å². The Kier molecular flexibility index (Phi) is 4.38. The third-order valence-corrected chi connectivity index (χ3v) is 2.81. The van der Waals surface area contributed by atoms with Crippen LogP contribution in [0.3, 0.4) is 0 Å². The minimum atomic E-state index is -0.527. The predicted octanol–water partition coefficient (Wildman–Crippen LogP) is 3.27. The van der Waals surface area contributed by atoms with Crippen molar-refractivity contribution in [2.75, 3.05) is 0 Å². The minimum absolute atomic E-state index is 0.0693. The lowest BCUT2D eigenvalue weighted by atomic mass is 10.1. The average Bonchev–Trinajstić information content (AvgIpc) is 2.44. The van der Waals surface area contributed by atoms with Gasteiger partial charge in [0.2, 0.25) is 0 Å². The molecule has 0 fully saturated rings. The number of nitrogens with one attached hydrogen (secondary N) is 1.